The molecular weight excluding hydrogens is 214 g/mol. The Hall–Kier alpha value is -0.610. The fraction of sp³-hybridized carbons (Fsp3) is 0.923. The molecule has 4 heteroatoms. The van der Waals surface area contributed by atoms with Crippen LogP contribution >= 0.6 is 0 Å². The van der Waals surface area contributed by atoms with E-state index >= 15 is 0 Å². The summed E-state index contributed by atoms with van der Waals surface area (Å²) < 4.78 is 0. The summed E-state index contributed by atoms with van der Waals surface area (Å²) in [6.45, 7) is 4.26. The van der Waals surface area contributed by atoms with Crippen molar-refractivity contribution in [3.8, 4) is 0 Å². The average molecular weight is 239 g/mol. The highest BCUT2D eigenvalue weighted by Crippen LogP contribution is 2.26. The quantitative estimate of drug-likeness (QED) is 0.746. The summed E-state index contributed by atoms with van der Waals surface area (Å²) in [5.74, 6) is 0.327. The van der Waals surface area contributed by atoms with Crippen LogP contribution in [-0.4, -0.2) is 54.5 Å². The molecule has 1 aliphatic heterocycles. The van der Waals surface area contributed by atoms with E-state index in [1.807, 2.05) is 4.90 Å². The molecule has 0 unspecified atom stereocenters. The van der Waals surface area contributed by atoms with E-state index in [0.29, 0.717) is 18.5 Å². The molecule has 98 valence electrons. The molecule has 0 spiro atoms. The maximum Gasteiger partial charge on any atom is 0.236 e. The topological polar surface area (TPSA) is 49.6 Å². The second kappa shape index (κ2) is 6.36. The maximum atomic E-state index is 12.2. The number of likely N-dealkylation sites (tertiary alicyclic amines) is 1. The fourth-order valence-electron chi connectivity index (χ4n) is 2.54. The molecule has 0 aromatic carbocycles. The van der Waals surface area contributed by atoms with Crippen LogP contribution in [0.5, 0.6) is 0 Å². The first-order valence-corrected chi connectivity index (χ1v) is 7.03. The van der Waals surface area contributed by atoms with Crippen LogP contribution in [0.2, 0.25) is 0 Å². The van der Waals surface area contributed by atoms with E-state index < -0.39 is 0 Å². The van der Waals surface area contributed by atoms with Crippen molar-refractivity contribution in [3.05, 3.63) is 0 Å². The summed E-state index contributed by atoms with van der Waals surface area (Å²) >= 11 is 0. The molecule has 0 aromatic rings. The first-order valence-electron chi connectivity index (χ1n) is 7.03. The molecule has 4 nitrogen and oxygen atoms in total. The van der Waals surface area contributed by atoms with Crippen molar-refractivity contribution in [1.29, 1.82) is 0 Å². The highest BCUT2D eigenvalue weighted by molar-refractivity contribution is 5.78. The number of rotatable bonds is 6. The molecule has 0 atom stereocenters. The molecule has 1 heterocycles. The molecule has 2 rings (SSSR count). The predicted octanol–water partition coefficient (Wildman–Crippen LogP) is 0.812. The second-order valence-corrected chi connectivity index (χ2v) is 5.29. The Morgan fingerprint density at radius 1 is 1.24 bits per heavy atom. The Kier molecular flexibility index (Phi) is 4.80. The van der Waals surface area contributed by atoms with E-state index in [4.69, 9.17) is 5.73 Å². The summed E-state index contributed by atoms with van der Waals surface area (Å²) in [4.78, 5) is 16.5. The van der Waals surface area contributed by atoms with Crippen molar-refractivity contribution < 1.29 is 4.79 Å². The van der Waals surface area contributed by atoms with Gasteiger partial charge in [0.2, 0.25) is 5.91 Å². The third-order valence-corrected chi connectivity index (χ3v) is 3.76. The molecule has 2 fully saturated rings. The van der Waals surface area contributed by atoms with Crippen molar-refractivity contribution in [2.45, 2.75) is 44.6 Å². The normalized spacial score (nSPS) is 20.9. The van der Waals surface area contributed by atoms with Gasteiger partial charge >= 0.3 is 0 Å². The van der Waals surface area contributed by atoms with Crippen LogP contribution in [0.15, 0.2) is 0 Å². The lowest BCUT2D eigenvalue weighted by molar-refractivity contribution is -0.133. The highest BCUT2D eigenvalue weighted by atomic mass is 16.2. The van der Waals surface area contributed by atoms with E-state index in [1.165, 1.54) is 32.1 Å². The van der Waals surface area contributed by atoms with Gasteiger partial charge in [-0.15, -0.1) is 0 Å². The molecule has 1 saturated carbocycles. The van der Waals surface area contributed by atoms with E-state index in [1.54, 1.807) is 0 Å². The van der Waals surface area contributed by atoms with Crippen LogP contribution in [0, 0.1) is 0 Å². The number of carbonyl (C=O) groups is 1. The zero-order valence-electron chi connectivity index (χ0n) is 10.7. The molecule has 0 radical (unpaired) electrons. The van der Waals surface area contributed by atoms with Gasteiger partial charge in [0.25, 0.3) is 0 Å². The lowest BCUT2D eigenvalue weighted by Gasteiger charge is -2.30. The van der Waals surface area contributed by atoms with Gasteiger partial charge in [-0.25, -0.2) is 0 Å². The Bertz CT molecular complexity index is 247. The molecule has 1 amide bonds. The van der Waals surface area contributed by atoms with E-state index in [-0.39, 0.29) is 0 Å². The minimum Gasteiger partial charge on any atom is -0.342 e. The zero-order valence-corrected chi connectivity index (χ0v) is 10.7. The molecular formula is C13H25N3O. The number of piperidine rings is 1. The van der Waals surface area contributed by atoms with Crippen molar-refractivity contribution in [3.63, 3.8) is 0 Å². The molecule has 0 aromatic heterocycles. The number of nitrogens with two attached hydrogens (primary N) is 1. The molecule has 1 aliphatic carbocycles. The highest BCUT2D eigenvalue weighted by Gasteiger charge is 2.30. The van der Waals surface area contributed by atoms with E-state index in [0.717, 1.165) is 32.6 Å². The molecule has 2 N–H and O–H groups in total. The van der Waals surface area contributed by atoms with Gasteiger partial charge in [0, 0.05) is 25.7 Å². The van der Waals surface area contributed by atoms with Gasteiger partial charge in [-0.2, -0.15) is 0 Å². The van der Waals surface area contributed by atoms with Gasteiger partial charge in [-0.3, -0.25) is 9.69 Å². The van der Waals surface area contributed by atoms with Gasteiger partial charge in [0.05, 0.1) is 6.54 Å². The van der Waals surface area contributed by atoms with Crippen LogP contribution in [0.25, 0.3) is 0 Å². The summed E-state index contributed by atoms with van der Waals surface area (Å²) in [6.07, 6.45) is 7.17. The minimum atomic E-state index is 0.327. The van der Waals surface area contributed by atoms with Crippen LogP contribution in [-0.2, 0) is 4.79 Å². The van der Waals surface area contributed by atoms with Gasteiger partial charge in [0.1, 0.15) is 0 Å². The van der Waals surface area contributed by atoms with E-state index in [9.17, 15) is 4.79 Å². The van der Waals surface area contributed by atoms with Crippen LogP contribution in [0.4, 0.5) is 0 Å². The average Bonchev–Trinajstić information content (AvgIpc) is 3.19. The van der Waals surface area contributed by atoms with Crippen molar-refractivity contribution >= 4 is 5.91 Å². The first kappa shape index (κ1) is 12.8. The third-order valence-electron chi connectivity index (χ3n) is 3.76. The summed E-state index contributed by atoms with van der Waals surface area (Å²) in [6, 6.07) is 0.662. The van der Waals surface area contributed by atoms with Crippen molar-refractivity contribution in [1.82, 2.24) is 9.80 Å². The summed E-state index contributed by atoms with van der Waals surface area (Å²) in [5.41, 5.74) is 5.55. The lowest BCUT2D eigenvalue weighted by Crippen LogP contribution is -2.43. The van der Waals surface area contributed by atoms with Crippen LogP contribution in [0.3, 0.4) is 0 Å². The van der Waals surface area contributed by atoms with E-state index in [2.05, 4.69) is 4.90 Å². The third kappa shape index (κ3) is 3.96. The molecule has 17 heavy (non-hydrogen) atoms. The molecule has 1 saturated heterocycles. The first-order chi connectivity index (χ1) is 8.31. The number of hydrogen-bond acceptors (Lipinski definition) is 3. The monoisotopic (exact) mass is 239 g/mol. The maximum absolute atomic E-state index is 12.2. The number of amides is 1. The molecule has 0 bridgehead atoms. The van der Waals surface area contributed by atoms with Gasteiger partial charge in [-0.05, 0) is 45.1 Å². The standard InChI is InChI=1S/C13H25N3O/c14-7-4-10-16(12-5-6-12)11-13(17)15-8-2-1-3-9-15/h12H,1-11,14H2. The number of nitrogens with zero attached hydrogens (tertiary/aromatic N) is 2. The smallest absolute Gasteiger partial charge is 0.236 e. The Morgan fingerprint density at radius 3 is 2.53 bits per heavy atom. The fourth-order valence-corrected chi connectivity index (χ4v) is 2.54. The van der Waals surface area contributed by atoms with Gasteiger partial charge in [0.15, 0.2) is 0 Å². The number of hydrogen-bond donors (Lipinski definition) is 1. The zero-order chi connectivity index (χ0) is 12.1. The Balaban J connectivity index is 1.77. The second-order valence-electron chi connectivity index (χ2n) is 5.29. The van der Waals surface area contributed by atoms with Crippen molar-refractivity contribution in [2.75, 3.05) is 32.7 Å². The lowest BCUT2D eigenvalue weighted by atomic mass is 10.1. The number of carbonyl (C=O) groups excluding carboxylic acids is 1. The Morgan fingerprint density at radius 2 is 1.94 bits per heavy atom. The van der Waals surface area contributed by atoms with Gasteiger partial charge < -0.3 is 10.6 Å². The summed E-state index contributed by atoms with van der Waals surface area (Å²) in [7, 11) is 0. The summed E-state index contributed by atoms with van der Waals surface area (Å²) in [5, 5.41) is 0. The van der Waals surface area contributed by atoms with Crippen molar-refractivity contribution in [2.24, 2.45) is 5.73 Å². The van der Waals surface area contributed by atoms with Gasteiger partial charge in [-0.1, -0.05) is 0 Å². The SMILES string of the molecule is NCCCN(CC(=O)N1CCCCC1)C1CC1. The largest absolute Gasteiger partial charge is 0.342 e. The Labute approximate surface area is 104 Å². The van der Waals surface area contributed by atoms with Crippen LogP contribution < -0.4 is 5.73 Å². The molecule has 2 aliphatic rings. The predicted molar refractivity (Wildman–Crippen MR) is 68.7 cm³/mol. The van der Waals surface area contributed by atoms with Crippen LogP contribution in [0.1, 0.15) is 38.5 Å². The minimum absolute atomic E-state index is 0.327.